The summed E-state index contributed by atoms with van der Waals surface area (Å²) in [5.74, 6) is -0.441. The van der Waals surface area contributed by atoms with Crippen molar-refractivity contribution >= 4 is 45.0 Å². The van der Waals surface area contributed by atoms with Gasteiger partial charge in [0.15, 0.2) is 5.78 Å². The fraction of sp³-hybridized carbons (Fsp3) is 0.154. The molecule has 1 heterocycles. The normalized spacial score (nSPS) is 16.7. The van der Waals surface area contributed by atoms with Crippen LogP contribution in [0.3, 0.4) is 0 Å². The van der Waals surface area contributed by atoms with Gasteiger partial charge >= 0.3 is 0 Å². The standard InChI is InChI=1S/C26H23N3O4S/c1-17-12-14-20(15-13-17)34(32,33)27-16-25-26(28-23-10-6-4-8-21(23)18(2)30)22-9-5-7-11-24(22)29(25)19(3)31/h4-16,25H,1-3H3/b27-16?,28-26-. The summed E-state index contributed by atoms with van der Waals surface area (Å²) in [5.41, 5.74) is 3.48. The summed E-state index contributed by atoms with van der Waals surface area (Å²) in [7, 11) is -4.00. The molecular weight excluding hydrogens is 450 g/mol. The third kappa shape index (κ3) is 4.45. The lowest BCUT2D eigenvalue weighted by molar-refractivity contribution is -0.116. The fourth-order valence-corrected chi connectivity index (χ4v) is 4.75. The number of carbonyl (C=O) groups is 2. The summed E-state index contributed by atoms with van der Waals surface area (Å²) in [6.45, 7) is 4.72. The number of para-hydroxylation sites is 2. The van der Waals surface area contributed by atoms with E-state index in [4.69, 9.17) is 4.99 Å². The Morgan fingerprint density at radius 1 is 0.912 bits per heavy atom. The zero-order valence-corrected chi connectivity index (χ0v) is 19.8. The molecule has 0 bridgehead atoms. The SMILES string of the molecule is CC(=O)c1ccccc1/N=C1/c2ccccc2N(C(C)=O)C1C=NS(=O)(=O)c1ccc(C)cc1. The molecule has 0 saturated heterocycles. The number of hydrogen-bond donors (Lipinski definition) is 0. The highest BCUT2D eigenvalue weighted by Gasteiger charge is 2.37. The van der Waals surface area contributed by atoms with E-state index in [0.29, 0.717) is 28.2 Å². The maximum atomic E-state index is 12.9. The minimum absolute atomic E-state index is 0.0552. The number of sulfonamides is 1. The van der Waals surface area contributed by atoms with Crippen LogP contribution in [0.4, 0.5) is 11.4 Å². The first-order valence-corrected chi connectivity index (χ1v) is 12.1. The van der Waals surface area contributed by atoms with Crippen LogP contribution in [0, 0.1) is 6.92 Å². The van der Waals surface area contributed by atoms with Gasteiger partial charge in [-0.3, -0.25) is 14.5 Å². The summed E-state index contributed by atoms with van der Waals surface area (Å²) >= 11 is 0. The highest BCUT2D eigenvalue weighted by Crippen LogP contribution is 2.34. The van der Waals surface area contributed by atoms with Crippen molar-refractivity contribution in [2.75, 3.05) is 4.90 Å². The van der Waals surface area contributed by atoms with Crippen LogP contribution in [0.25, 0.3) is 0 Å². The van der Waals surface area contributed by atoms with Crippen molar-refractivity contribution in [1.82, 2.24) is 0 Å². The zero-order valence-electron chi connectivity index (χ0n) is 19.0. The number of hydrogen-bond acceptors (Lipinski definition) is 5. The van der Waals surface area contributed by atoms with E-state index >= 15 is 0 Å². The number of ketones is 1. The van der Waals surface area contributed by atoms with Gasteiger partial charge in [-0.1, -0.05) is 48.0 Å². The first kappa shape index (κ1) is 23.3. The maximum Gasteiger partial charge on any atom is 0.282 e. The molecule has 0 saturated carbocycles. The summed E-state index contributed by atoms with van der Waals surface area (Å²) in [6, 6.07) is 19.6. The van der Waals surface area contributed by atoms with Gasteiger partial charge in [0.25, 0.3) is 10.0 Å². The second-order valence-corrected chi connectivity index (χ2v) is 9.60. The van der Waals surface area contributed by atoms with Crippen LogP contribution >= 0.6 is 0 Å². The third-order valence-corrected chi connectivity index (χ3v) is 6.79. The summed E-state index contributed by atoms with van der Waals surface area (Å²) in [4.78, 5) is 31.0. The molecule has 4 rings (SSSR count). The zero-order chi connectivity index (χ0) is 24.5. The van der Waals surface area contributed by atoms with Crippen LogP contribution in [-0.2, 0) is 14.8 Å². The molecule has 7 nitrogen and oxygen atoms in total. The topological polar surface area (TPSA) is 96.2 Å². The monoisotopic (exact) mass is 473 g/mol. The number of aliphatic imine (C=N–C) groups is 1. The van der Waals surface area contributed by atoms with E-state index in [1.165, 1.54) is 37.1 Å². The summed E-state index contributed by atoms with van der Waals surface area (Å²) in [6.07, 6.45) is 1.23. The Balaban J connectivity index is 1.86. The fourth-order valence-electron chi connectivity index (χ4n) is 3.87. The first-order chi connectivity index (χ1) is 16.2. The summed E-state index contributed by atoms with van der Waals surface area (Å²) < 4.78 is 29.7. The second-order valence-electron chi connectivity index (χ2n) is 7.96. The lowest BCUT2D eigenvalue weighted by atomic mass is 10.1. The van der Waals surface area contributed by atoms with Gasteiger partial charge in [-0.2, -0.15) is 12.8 Å². The van der Waals surface area contributed by atoms with Crippen LogP contribution in [0.5, 0.6) is 0 Å². The number of rotatable bonds is 5. The van der Waals surface area contributed by atoms with Crippen LogP contribution in [-0.4, -0.2) is 38.1 Å². The minimum Gasteiger partial charge on any atom is -0.298 e. The molecule has 3 aromatic carbocycles. The molecule has 1 aliphatic rings. The van der Waals surface area contributed by atoms with Crippen molar-refractivity contribution in [1.29, 1.82) is 0 Å². The molecule has 1 aliphatic heterocycles. The lowest BCUT2D eigenvalue weighted by Crippen LogP contribution is -2.40. The first-order valence-electron chi connectivity index (χ1n) is 10.6. The number of nitrogens with zero attached hydrogens (tertiary/aromatic N) is 3. The molecule has 1 amide bonds. The number of aryl methyl sites for hydroxylation is 1. The van der Waals surface area contributed by atoms with E-state index in [2.05, 4.69) is 4.40 Å². The Morgan fingerprint density at radius 2 is 1.56 bits per heavy atom. The molecule has 1 atom stereocenters. The molecule has 0 radical (unpaired) electrons. The quantitative estimate of drug-likeness (QED) is 0.402. The number of carbonyl (C=O) groups excluding carboxylic acids is 2. The van der Waals surface area contributed by atoms with Crippen LogP contribution in [0.15, 0.2) is 87.1 Å². The largest absolute Gasteiger partial charge is 0.298 e. The Morgan fingerprint density at radius 3 is 2.24 bits per heavy atom. The van der Waals surface area contributed by atoms with Gasteiger partial charge in [0.2, 0.25) is 5.91 Å². The van der Waals surface area contributed by atoms with Crippen molar-refractivity contribution in [3.8, 4) is 0 Å². The Kier molecular flexibility index (Phi) is 6.26. The third-order valence-electron chi connectivity index (χ3n) is 5.52. The molecule has 172 valence electrons. The molecule has 0 N–H and O–H groups in total. The number of anilines is 1. The highest BCUT2D eigenvalue weighted by molar-refractivity contribution is 7.90. The van der Waals surface area contributed by atoms with Gasteiger partial charge in [0.1, 0.15) is 6.04 Å². The second kappa shape index (κ2) is 9.15. The van der Waals surface area contributed by atoms with Crippen molar-refractivity contribution in [2.45, 2.75) is 31.7 Å². The van der Waals surface area contributed by atoms with E-state index in [0.717, 1.165) is 5.56 Å². The predicted molar refractivity (Wildman–Crippen MR) is 133 cm³/mol. The molecule has 34 heavy (non-hydrogen) atoms. The van der Waals surface area contributed by atoms with Gasteiger partial charge in [-0.15, -0.1) is 0 Å². The minimum atomic E-state index is -4.00. The van der Waals surface area contributed by atoms with Gasteiger partial charge in [-0.25, -0.2) is 4.99 Å². The van der Waals surface area contributed by atoms with Crippen LogP contribution in [0.2, 0.25) is 0 Å². The number of benzene rings is 3. The Bertz CT molecular complexity index is 1440. The molecule has 0 fully saturated rings. The number of amides is 1. The lowest BCUT2D eigenvalue weighted by Gasteiger charge is -2.21. The van der Waals surface area contributed by atoms with E-state index in [1.54, 1.807) is 48.5 Å². The molecule has 0 spiro atoms. The van der Waals surface area contributed by atoms with Crippen LogP contribution < -0.4 is 4.90 Å². The Hall–Kier alpha value is -3.91. The van der Waals surface area contributed by atoms with Gasteiger partial charge in [0.05, 0.1) is 22.0 Å². The average molecular weight is 474 g/mol. The van der Waals surface area contributed by atoms with Gasteiger partial charge in [0, 0.05) is 24.3 Å². The molecular formula is C26H23N3O4S. The molecule has 0 aliphatic carbocycles. The number of Topliss-reactive ketones (excluding diaryl/α,β-unsaturated/α-hetero) is 1. The van der Waals surface area contributed by atoms with Gasteiger partial charge in [-0.05, 0) is 44.2 Å². The molecule has 3 aromatic rings. The smallest absolute Gasteiger partial charge is 0.282 e. The van der Waals surface area contributed by atoms with E-state index in [-0.39, 0.29) is 16.6 Å². The van der Waals surface area contributed by atoms with E-state index in [1.807, 2.05) is 19.1 Å². The predicted octanol–water partition coefficient (Wildman–Crippen LogP) is 4.51. The van der Waals surface area contributed by atoms with Crippen molar-refractivity contribution < 1.29 is 18.0 Å². The Labute approximate surface area is 198 Å². The van der Waals surface area contributed by atoms with E-state index < -0.39 is 16.1 Å². The maximum absolute atomic E-state index is 12.9. The highest BCUT2D eigenvalue weighted by atomic mass is 32.2. The van der Waals surface area contributed by atoms with Crippen molar-refractivity contribution in [2.24, 2.45) is 9.39 Å². The van der Waals surface area contributed by atoms with E-state index in [9.17, 15) is 18.0 Å². The number of fused-ring (bicyclic) bond motifs is 1. The average Bonchev–Trinajstić information content (AvgIpc) is 3.12. The molecule has 8 heteroatoms. The van der Waals surface area contributed by atoms with Crippen molar-refractivity contribution in [3.63, 3.8) is 0 Å². The van der Waals surface area contributed by atoms with Crippen molar-refractivity contribution in [3.05, 3.63) is 89.5 Å². The molecule has 1 unspecified atom stereocenters. The van der Waals surface area contributed by atoms with Gasteiger partial charge < -0.3 is 0 Å². The summed E-state index contributed by atoms with van der Waals surface area (Å²) in [5, 5.41) is 0. The van der Waals surface area contributed by atoms with Crippen LogP contribution in [0.1, 0.15) is 35.3 Å². The molecule has 0 aromatic heterocycles.